The Morgan fingerprint density at radius 3 is 2.24 bits per heavy atom. The predicted molar refractivity (Wildman–Crippen MR) is 96.4 cm³/mol. The van der Waals surface area contributed by atoms with E-state index in [0.717, 1.165) is 13.2 Å². The first-order valence-electron chi connectivity index (χ1n) is 8.44. The van der Waals surface area contributed by atoms with Gasteiger partial charge in [-0.05, 0) is 0 Å². The maximum absolute atomic E-state index is 5.81. The van der Waals surface area contributed by atoms with Crippen LogP contribution in [-0.2, 0) is 11.3 Å². The molecule has 0 saturated heterocycles. The summed E-state index contributed by atoms with van der Waals surface area (Å²) < 4.78 is 5.81. The first kappa shape index (κ1) is 18.5. The summed E-state index contributed by atoms with van der Waals surface area (Å²) in [6.07, 6.45) is 4.82. The monoisotopic (exact) mass is 350 g/mol. The zero-order valence-electron chi connectivity index (χ0n) is 14.3. The SMILES string of the molecule is C[CH2][Ge]([CH2]C)([CH2]C)[CH2]/C=C\[C@H](C)COCc1ccccc1. The van der Waals surface area contributed by atoms with Crippen LogP contribution in [0.5, 0.6) is 0 Å². The molecular formula is C19H32GeO. The average Bonchev–Trinajstić information content (AvgIpc) is 2.53. The first-order chi connectivity index (χ1) is 10.2. The Kier molecular flexibility index (Phi) is 9.02. The molecule has 21 heavy (non-hydrogen) atoms. The number of allylic oxidation sites excluding steroid dienone is 1. The van der Waals surface area contributed by atoms with Crippen molar-refractivity contribution in [2.45, 2.75) is 55.3 Å². The molecule has 1 aromatic carbocycles. The number of rotatable bonds is 10. The summed E-state index contributed by atoms with van der Waals surface area (Å²) in [5.74, 6) is 0.513. The third kappa shape index (κ3) is 6.84. The molecular weight excluding hydrogens is 317 g/mol. The Morgan fingerprint density at radius 2 is 1.67 bits per heavy atom. The Labute approximate surface area is 134 Å². The van der Waals surface area contributed by atoms with E-state index < -0.39 is 13.3 Å². The van der Waals surface area contributed by atoms with Crippen LogP contribution in [-0.4, -0.2) is 19.9 Å². The van der Waals surface area contributed by atoms with Gasteiger partial charge in [-0.1, -0.05) is 0 Å². The van der Waals surface area contributed by atoms with E-state index in [4.69, 9.17) is 4.74 Å². The fourth-order valence-corrected chi connectivity index (χ4v) is 9.02. The van der Waals surface area contributed by atoms with Crippen LogP contribution >= 0.6 is 0 Å². The molecule has 1 nitrogen and oxygen atoms in total. The van der Waals surface area contributed by atoms with Gasteiger partial charge in [0.15, 0.2) is 0 Å². The molecule has 0 bridgehead atoms. The first-order valence-corrected chi connectivity index (χ1v) is 14.4. The second-order valence-corrected chi connectivity index (χ2v) is 17.8. The van der Waals surface area contributed by atoms with Gasteiger partial charge in [-0.15, -0.1) is 0 Å². The molecule has 0 fully saturated rings. The summed E-state index contributed by atoms with van der Waals surface area (Å²) in [5, 5.41) is 5.75. The van der Waals surface area contributed by atoms with Crippen molar-refractivity contribution in [3.05, 3.63) is 48.0 Å². The van der Waals surface area contributed by atoms with Crippen LogP contribution in [0.3, 0.4) is 0 Å². The summed E-state index contributed by atoms with van der Waals surface area (Å²) in [6, 6.07) is 10.4. The fraction of sp³-hybridized carbons (Fsp3) is 0.579. The molecule has 0 spiro atoms. The molecule has 118 valence electrons. The molecule has 2 heteroatoms. The van der Waals surface area contributed by atoms with E-state index in [2.05, 4.69) is 64.1 Å². The van der Waals surface area contributed by atoms with Crippen molar-refractivity contribution in [2.75, 3.05) is 6.61 Å². The van der Waals surface area contributed by atoms with Gasteiger partial charge in [0.05, 0.1) is 0 Å². The van der Waals surface area contributed by atoms with Gasteiger partial charge in [0.25, 0.3) is 0 Å². The normalized spacial score (nSPS) is 13.7. The summed E-state index contributed by atoms with van der Waals surface area (Å²) >= 11 is -1.52. The van der Waals surface area contributed by atoms with E-state index >= 15 is 0 Å². The zero-order chi connectivity index (χ0) is 15.6. The molecule has 0 heterocycles. The Morgan fingerprint density at radius 1 is 1.05 bits per heavy atom. The predicted octanol–water partition coefficient (Wildman–Crippen LogP) is 5.90. The fourth-order valence-electron chi connectivity index (χ4n) is 2.73. The number of benzene rings is 1. The second kappa shape index (κ2) is 10.2. The maximum atomic E-state index is 5.81. The van der Waals surface area contributed by atoms with Gasteiger partial charge in [0, 0.05) is 0 Å². The van der Waals surface area contributed by atoms with E-state index in [1.54, 1.807) is 0 Å². The summed E-state index contributed by atoms with van der Waals surface area (Å²) in [5.41, 5.74) is 1.26. The third-order valence-electron chi connectivity index (χ3n) is 4.76. The Hall–Kier alpha value is -0.537. The molecule has 0 unspecified atom stereocenters. The molecule has 0 aliphatic carbocycles. The molecule has 0 radical (unpaired) electrons. The Balaban J connectivity index is 2.29. The van der Waals surface area contributed by atoms with Gasteiger partial charge >= 0.3 is 134 Å². The van der Waals surface area contributed by atoms with Crippen LogP contribution in [0.15, 0.2) is 42.5 Å². The average molecular weight is 349 g/mol. The molecule has 0 aliphatic rings. The molecule has 0 N–H and O–H groups in total. The van der Waals surface area contributed by atoms with E-state index in [-0.39, 0.29) is 0 Å². The molecule has 1 rings (SSSR count). The molecule has 1 aromatic rings. The summed E-state index contributed by atoms with van der Waals surface area (Å²) in [4.78, 5) is 0. The van der Waals surface area contributed by atoms with E-state index in [1.807, 2.05) is 6.07 Å². The van der Waals surface area contributed by atoms with Crippen LogP contribution in [0.1, 0.15) is 33.3 Å². The van der Waals surface area contributed by atoms with Crippen molar-refractivity contribution in [1.82, 2.24) is 0 Å². The summed E-state index contributed by atoms with van der Waals surface area (Å²) in [7, 11) is 0. The number of ether oxygens (including phenoxy) is 1. The van der Waals surface area contributed by atoms with Gasteiger partial charge in [0.2, 0.25) is 0 Å². The number of hydrogen-bond acceptors (Lipinski definition) is 1. The third-order valence-corrected chi connectivity index (χ3v) is 16.5. The van der Waals surface area contributed by atoms with Crippen molar-refractivity contribution in [3.63, 3.8) is 0 Å². The Bertz CT molecular complexity index is 387. The zero-order valence-corrected chi connectivity index (χ0v) is 16.4. The van der Waals surface area contributed by atoms with Crippen molar-refractivity contribution in [2.24, 2.45) is 5.92 Å². The summed E-state index contributed by atoms with van der Waals surface area (Å²) in [6.45, 7) is 11.0. The van der Waals surface area contributed by atoms with Gasteiger partial charge in [0.1, 0.15) is 0 Å². The van der Waals surface area contributed by atoms with Crippen molar-refractivity contribution < 1.29 is 4.74 Å². The molecule has 1 atom stereocenters. The van der Waals surface area contributed by atoms with Crippen molar-refractivity contribution >= 4 is 13.3 Å². The van der Waals surface area contributed by atoms with Gasteiger partial charge in [-0.3, -0.25) is 0 Å². The van der Waals surface area contributed by atoms with Gasteiger partial charge in [-0.2, -0.15) is 0 Å². The van der Waals surface area contributed by atoms with E-state index in [0.29, 0.717) is 5.92 Å². The van der Waals surface area contributed by atoms with Gasteiger partial charge in [-0.25, -0.2) is 0 Å². The van der Waals surface area contributed by atoms with Crippen LogP contribution in [0.2, 0.25) is 21.0 Å². The van der Waals surface area contributed by atoms with Crippen molar-refractivity contribution in [1.29, 1.82) is 0 Å². The van der Waals surface area contributed by atoms with Crippen LogP contribution in [0.25, 0.3) is 0 Å². The second-order valence-electron chi connectivity index (χ2n) is 6.17. The van der Waals surface area contributed by atoms with E-state index in [9.17, 15) is 0 Å². The topological polar surface area (TPSA) is 9.23 Å². The van der Waals surface area contributed by atoms with Gasteiger partial charge < -0.3 is 0 Å². The van der Waals surface area contributed by atoms with Crippen LogP contribution in [0, 0.1) is 5.92 Å². The van der Waals surface area contributed by atoms with Crippen LogP contribution < -0.4 is 0 Å². The minimum absolute atomic E-state index is 0.513. The van der Waals surface area contributed by atoms with Crippen LogP contribution in [0.4, 0.5) is 0 Å². The minimum atomic E-state index is -1.52. The standard InChI is InChI=1S/C19H32GeO/c1-5-20(6-2,7-3)15-11-12-18(4)16-21-17-19-13-9-8-10-14-19/h8-14,18H,5-7,15-17H2,1-4H3/b12-11-/t18-/m0/s1. The molecule has 0 amide bonds. The molecule has 0 aromatic heterocycles. The van der Waals surface area contributed by atoms with Crippen molar-refractivity contribution in [3.8, 4) is 0 Å². The quantitative estimate of drug-likeness (QED) is 0.377. The number of hydrogen-bond donors (Lipinski definition) is 0. The molecule has 0 saturated carbocycles. The molecule has 0 aliphatic heterocycles. The van der Waals surface area contributed by atoms with E-state index in [1.165, 1.54) is 26.6 Å².